The molecule has 0 aliphatic rings. The molecule has 0 aliphatic heterocycles. The summed E-state index contributed by atoms with van der Waals surface area (Å²) in [5, 5.41) is 21.1. The minimum atomic E-state index is -1.09. The monoisotopic (exact) mass is 263 g/mol. The number of thiophene rings is 1. The SMILES string of the molecule is Cc1ccc(C(=O)O)c([C@@H](N)c2cccs2)c1O. The van der Waals surface area contributed by atoms with Crippen molar-refractivity contribution in [1.82, 2.24) is 0 Å². The molecule has 1 aromatic carbocycles. The second-order valence-corrected chi connectivity index (χ2v) is 4.97. The van der Waals surface area contributed by atoms with Gasteiger partial charge in [0.1, 0.15) is 5.75 Å². The number of rotatable bonds is 3. The quantitative estimate of drug-likeness (QED) is 0.794. The summed E-state index contributed by atoms with van der Waals surface area (Å²) in [6.07, 6.45) is 0. The lowest BCUT2D eigenvalue weighted by atomic mass is 9.96. The molecule has 0 aliphatic carbocycles. The van der Waals surface area contributed by atoms with Gasteiger partial charge in [0.15, 0.2) is 0 Å². The summed E-state index contributed by atoms with van der Waals surface area (Å²) in [5.74, 6) is -1.14. The molecule has 0 unspecified atom stereocenters. The minimum Gasteiger partial charge on any atom is -0.507 e. The molecule has 1 aromatic heterocycles. The van der Waals surface area contributed by atoms with Crippen LogP contribution in [0, 0.1) is 6.92 Å². The number of phenolic OH excluding ortho intramolecular Hbond substituents is 1. The van der Waals surface area contributed by atoms with E-state index in [0.29, 0.717) is 5.56 Å². The Bertz CT molecular complexity index is 578. The summed E-state index contributed by atoms with van der Waals surface area (Å²) in [6, 6.07) is 6.08. The first-order valence-corrected chi connectivity index (χ1v) is 6.25. The van der Waals surface area contributed by atoms with Crippen molar-refractivity contribution in [3.8, 4) is 5.75 Å². The molecule has 94 valence electrons. The van der Waals surface area contributed by atoms with Gasteiger partial charge in [-0.3, -0.25) is 0 Å². The van der Waals surface area contributed by atoms with Crippen LogP contribution in [0.1, 0.15) is 32.4 Å². The van der Waals surface area contributed by atoms with Gasteiger partial charge in [-0.25, -0.2) is 4.79 Å². The van der Waals surface area contributed by atoms with E-state index in [4.69, 9.17) is 10.8 Å². The van der Waals surface area contributed by atoms with Gasteiger partial charge >= 0.3 is 5.97 Å². The fourth-order valence-corrected chi connectivity index (χ4v) is 2.56. The van der Waals surface area contributed by atoms with Gasteiger partial charge in [0.2, 0.25) is 0 Å². The van der Waals surface area contributed by atoms with Gasteiger partial charge in [0.25, 0.3) is 0 Å². The van der Waals surface area contributed by atoms with E-state index >= 15 is 0 Å². The van der Waals surface area contributed by atoms with E-state index in [-0.39, 0.29) is 16.9 Å². The topological polar surface area (TPSA) is 83.5 Å². The largest absolute Gasteiger partial charge is 0.507 e. The maximum atomic E-state index is 11.2. The molecule has 0 amide bonds. The van der Waals surface area contributed by atoms with Crippen LogP contribution in [0.25, 0.3) is 0 Å². The number of aromatic carboxylic acids is 1. The molecule has 0 radical (unpaired) electrons. The number of benzene rings is 1. The molecule has 1 heterocycles. The van der Waals surface area contributed by atoms with Crippen LogP contribution in [0.15, 0.2) is 29.6 Å². The minimum absolute atomic E-state index is 0.0407. The van der Waals surface area contributed by atoms with Gasteiger partial charge in [0, 0.05) is 10.4 Å². The second-order valence-electron chi connectivity index (χ2n) is 3.99. The molecule has 4 N–H and O–H groups in total. The van der Waals surface area contributed by atoms with Crippen molar-refractivity contribution in [2.75, 3.05) is 0 Å². The second kappa shape index (κ2) is 4.80. The molecule has 2 aromatic rings. The van der Waals surface area contributed by atoms with Crippen LogP contribution in [0.2, 0.25) is 0 Å². The van der Waals surface area contributed by atoms with E-state index in [0.717, 1.165) is 4.88 Å². The zero-order chi connectivity index (χ0) is 13.3. The number of carbonyl (C=O) groups is 1. The van der Waals surface area contributed by atoms with Crippen molar-refractivity contribution in [3.63, 3.8) is 0 Å². The Morgan fingerprint density at radius 1 is 1.39 bits per heavy atom. The molecule has 0 saturated carbocycles. The van der Waals surface area contributed by atoms with Gasteiger partial charge in [-0.05, 0) is 30.0 Å². The molecule has 0 spiro atoms. The Morgan fingerprint density at radius 3 is 2.67 bits per heavy atom. The number of nitrogens with two attached hydrogens (primary N) is 1. The third-order valence-corrected chi connectivity index (χ3v) is 3.77. The van der Waals surface area contributed by atoms with Gasteiger partial charge < -0.3 is 15.9 Å². The van der Waals surface area contributed by atoms with Gasteiger partial charge in [-0.1, -0.05) is 12.1 Å². The van der Waals surface area contributed by atoms with Gasteiger partial charge in [-0.2, -0.15) is 0 Å². The number of hydrogen-bond acceptors (Lipinski definition) is 4. The number of phenols is 1. The summed E-state index contributed by atoms with van der Waals surface area (Å²) in [4.78, 5) is 12.0. The number of aromatic hydroxyl groups is 1. The molecule has 4 nitrogen and oxygen atoms in total. The smallest absolute Gasteiger partial charge is 0.336 e. The Balaban J connectivity index is 2.61. The highest BCUT2D eigenvalue weighted by atomic mass is 32.1. The van der Waals surface area contributed by atoms with Crippen LogP contribution in [0.5, 0.6) is 5.75 Å². The highest BCUT2D eigenvalue weighted by molar-refractivity contribution is 7.10. The van der Waals surface area contributed by atoms with Crippen LogP contribution >= 0.6 is 11.3 Å². The Kier molecular flexibility index (Phi) is 3.36. The summed E-state index contributed by atoms with van der Waals surface area (Å²) in [6.45, 7) is 1.71. The summed E-state index contributed by atoms with van der Waals surface area (Å²) in [5.41, 5.74) is 6.98. The Morgan fingerprint density at radius 2 is 2.11 bits per heavy atom. The maximum absolute atomic E-state index is 11.2. The molecule has 18 heavy (non-hydrogen) atoms. The van der Waals surface area contributed by atoms with Crippen LogP contribution in [-0.4, -0.2) is 16.2 Å². The van der Waals surface area contributed by atoms with E-state index in [1.54, 1.807) is 13.0 Å². The van der Waals surface area contributed by atoms with Crippen molar-refractivity contribution < 1.29 is 15.0 Å². The molecule has 0 saturated heterocycles. The van der Waals surface area contributed by atoms with Gasteiger partial charge in [-0.15, -0.1) is 11.3 Å². The first kappa shape index (κ1) is 12.6. The summed E-state index contributed by atoms with van der Waals surface area (Å²) in [7, 11) is 0. The lowest BCUT2D eigenvalue weighted by Crippen LogP contribution is -2.15. The third kappa shape index (κ3) is 2.10. The molecule has 2 rings (SSSR count). The molecular weight excluding hydrogens is 250 g/mol. The molecule has 1 atom stereocenters. The van der Waals surface area contributed by atoms with E-state index in [1.165, 1.54) is 17.4 Å². The van der Waals surface area contributed by atoms with Crippen LogP contribution in [0.4, 0.5) is 0 Å². The lowest BCUT2D eigenvalue weighted by Gasteiger charge is -2.16. The summed E-state index contributed by atoms with van der Waals surface area (Å²) >= 11 is 1.43. The van der Waals surface area contributed by atoms with Crippen LogP contribution < -0.4 is 5.73 Å². The van der Waals surface area contributed by atoms with Crippen molar-refractivity contribution in [3.05, 3.63) is 51.2 Å². The predicted octanol–water partition coefficient (Wildman–Crippen LogP) is 2.51. The molecule has 5 heteroatoms. The fourth-order valence-electron chi connectivity index (χ4n) is 1.83. The normalized spacial score (nSPS) is 12.3. The first-order chi connectivity index (χ1) is 8.52. The first-order valence-electron chi connectivity index (χ1n) is 5.37. The standard InChI is InChI=1S/C13H13NO3S/c1-7-4-5-8(13(16)17)10(12(7)15)11(14)9-3-2-6-18-9/h2-6,11,15H,14H2,1H3,(H,16,17)/t11-/m0/s1. The van der Waals surface area contributed by atoms with E-state index in [9.17, 15) is 9.90 Å². The van der Waals surface area contributed by atoms with Crippen molar-refractivity contribution in [2.24, 2.45) is 5.73 Å². The molecule has 0 bridgehead atoms. The lowest BCUT2D eigenvalue weighted by molar-refractivity contribution is 0.0694. The number of hydrogen-bond donors (Lipinski definition) is 3. The van der Waals surface area contributed by atoms with E-state index < -0.39 is 12.0 Å². The third-order valence-electron chi connectivity index (χ3n) is 2.81. The summed E-state index contributed by atoms with van der Waals surface area (Å²) < 4.78 is 0. The van der Waals surface area contributed by atoms with Crippen LogP contribution in [0.3, 0.4) is 0 Å². The zero-order valence-corrected chi connectivity index (χ0v) is 10.6. The molecular formula is C13H13NO3S. The van der Waals surface area contributed by atoms with Crippen molar-refractivity contribution in [2.45, 2.75) is 13.0 Å². The van der Waals surface area contributed by atoms with Crippen molar-refractivity contribution in [1.29, 1.82) is 0 Å². The number of carboxylic acids is 1. The Labute approximate surface area is 108 Å². The van der Waals surface area contributed by atoms with Crippen molar-refractivity contribution >= 4 is 17.3 Å². The fraction of sp³-hybridized carbons (Fsp3) is 0.154. The zero-order valence-electron chi connectivity index (χ0n) is 9.75. The molecule has 0 fully saturated rings. The Hall–Kier alpha value is -1.85. The average molecular weight is 263 g/mol. The van der Waals surface area contributed by atoms with Gasteiger partial charge in [0.05, 0.1) is 11.6 Å². The predicted molar refractivity (Wildman–Crippen MR) is 70.2 cm³/mol. The van der Waals surface area contributed by atoms with Crippen LogP contribution in [-0.2, 0) is 0 Å². The maximum Gasteiger partial charge on any atom is 0.336 e. The van der Waals surface area contributed by atoms with E-state index in [1.807, 2.05) is 17.5 Å². The number of aryl methyl sites for hydroxylation is 1. The average Bonchev–Trinajstić information content (AvgIpc) is 2.84. The highest BCUT2D eigenvalue weighted by Gasteiger charge is 2.23. The number of carboxylic acid groups (broad SMARTS) is 1. The highest BCUT2D eigenvalue weighted by Crippen LogP contribution is 2.34. The van der Waals surface area contributed by atoms with E-state index in [2.05, 4.69) is 0 Å².